The number of rotatable bonds is 10. The highest BCUT2D eigenvalue weighted by Crippen LogP contribution is 2.44. The summed E-state index contributed by atoms with van der Waals surface area (Å²) in [5.41, 5.74) is 5.11. The van der Waals surface area contributed by atoms with Crippen LogP contribution in [0.2, 0.25) is 0 Å². The number of phenolic OH excluding ortho intramolecular Hbond substituents is 1. The van der Waals surface area contributed by atoms with Crippen molar-refractivity contribution in [3.63, 3.8) is 0 Å². The van der Waals surface area contributed by atoms with Crippen LogP contribution >= 0.6 is 0 Å². The number of phenols is 1. The largest absolute Gasteiger partial charge is 0.508 e. The van der Waals surface area contributed by atoms with E-state index in [1.807, 2.05) is 48.5 Å². The van der Waals surface area contributed by atoms with Crippen LogP contribution in [-0.2, 0) is 19.1 Å². The number of carbonyl (C=O) groups is 4. The molecule has 0 radical (unpaired) electrons. The van der Waals surface area contributed by atoms with Gasteiger partial charge in [-0.15, -0.1) is 0 Å². The average Bonchev–Trinajstić information content (AvgIpc) is 3.45. The maximum absolute atomic E-state index is 13.1. The number of aromatic hydroxyl groups is 1. The fraction of sp³-hybridized carbons (Fsp3) is 0.219. The maximum Gasteiger partial charge on any atom is 0.407 e. The minimum Gasteiger partial charge on any atom is -0.508 e. The van der Waals surface area contributed by atoms with Gasteiger partial charge in [0.05, 0.1) is 0 Å². The molecule has 11 nitrogen and oxygen atoms in total. The van der Waals surface area contributed by atoms with Gasteiger partial charge in [-0.05, 0) is 52.9 Å². The molecule has 0 saturated heterocycles. The van der Waals surface area contributed by atoms with Gasteiger partial charge in [0.2, 0.25) is 5.91 Å². The first-order valence-corrected chi connectivity index (χ1v) is 13.7. The number of carboxylic acids is 1. The minimum atomic E-state index is -1.24. The molecule has 3 aromatic rings. The Morgan fingerprint density at radius 3 is 2.26 bits per heavy atom. The Hall–Kier alpha value is -5.45. The number of amides is 3. The number of aliphatic carboxylic acids is 1. The molecule has 0 unspecified atom stereocenters. The minimum absolute atomic E-state index is 0.0529. The SMILES string of the molecule is CC1=N/C(=C\c2ccc(O)cc2)C(=O)N1CC(=O)N(CCNC(=O)OCC1c2ccccc2-c2ccccc21)CC(=O)O. The lowest BCUT2D eigenvalue weighted by molar-refractivity contribution is -0.145. The van der Waals surface area contributed by atoms with Crippen LogP contribution in [0, 0.1) is 0 Å². The van der Waals surface area contributed by atoms with Crippen molar-refractivity contribution in [3.8, 4) is 16.9 Å². The van der Waals surface area contributed by atoms with E-state index in [-0.39, 0.29) is 42.9 Å². The van der Waals surface area contributed by atoms with Crippen molar-refractivity contribution in [1.29, 1.82) is 0 Å². The summed E-state index contributed by atoms with van der Waals surface area (Å²) in [5, 5.41) is 21.4. The van der Waals surface area contributed by atoms with Crippen molar-refractivity contribution >= 4 is 35.8 Å². The quantitative estimate of drug-likeness (QED) is 0.310. The molecule has 1 heterocycles. The molecule has 0 aromatic heterocycles. The van der Waals surface area contributed by atoms with Crippen LogP contribution in [0.4, 0.5) is 4.79 Å². The van der Waals surface area contributed by atoms with Crippen LogP contribution in [0.15, 0.2) is 83.5 Å². The molecule has 0 atom stereocenters. The number of nitrogens with one attached hydrogen (secondary N) is 1. The fourth-order valence-electron chi connectivity index (χ4n) is 5.21. The normalized spacial score (nSPS) is 14.7. The van der Waals surface area contributed by atoms with Gasteiger partial charge in [0.15, 0.2) is 0 Å². The number of ether oxygens (including phenoxy) is 1. The molecule has 3 amide bonds. The third-order valence-corrected chi connectivity index (χ3v) is 7.30. The average molecular weight is 583 g/mol. The van der Waals surface area contributed by atoms with Gasteiger partial charge in [-0.1, -0.05) is 60.7 Å². The van der Waals surface area contributed by atoms with Gasteiger partial charge in [0, 0.05) is 19.0 Å². The highest BCUT2D eigenvalue weighted by Gasteiger charge is 2.32. The second-order valence-electron chi connectivity index (χ2n) is 10.1. The van der Waals surface area contributed by atoms with Gasteiger partial charge in [-0.3, -0.25) is 19.3 Å². The van der Waals surface area contributed by atoms with E-state index in [2.05, 4.69) is 10.3 Å². The summed E-state index contributed by atoms with van der Waals surface area (Å²) in [4.78, 5) is 56.5. The van der Waals surface area contributed by atoms with Gasteiger partial charge >= 0.3 is 12.1 Å². The van der Waals surface area contributed by atoms with Crippen LogP contribution in [0.5, 0.6) is 5.75 Å². The van der Waals surface area contributed by atoms with Crippen LogP contribution in [-0.4, -0.2) is 82.5 Å². The lowest BCUT2D eigenvalue weighted by Gasteiger charge is -2.24. The molecular weight excluding hydrogens is 552 g/mol. The highest BCUT2D eigenvalue weighted by atomic mass is 16.5. The zero-order chi connectivity index (χ0) is 30.5. The van der Waals surface area contributed by atoms with Gasteiger partial charge < -0.3 is 25.2 Å². The molecule has 220 valence electrons. The molecule has 1 aliphatic carbocycles. The van der Waals surface area contributed by atoms with E-state index < -0.39 is 37.0 Å². The summed E-state index contributed by atoms with van der Waals surface area (Å²) < 4.78 is 5.51. The van der Waals surface area contributed by atoms with E-state index in [0.717, 1.165) is 27.2 Å². The number of aliphatic imine (C=N–C) groups is 1. The van der Waals surface area contributed by atoms with Crippen LogP contribution < -0.4 is 5.32 Å². The standard InChI is InChI=1S/C32H30N4O7/c1-20-34-28(16-21-10-12-22(37)13-11-21)31(41)36(20)17-29(38)35(18-30(39)40)15-14-33-32(42)43-19-27-25-8-4-2-6-23(25)24-7-3-5-9-26(24)27/h2-13,16,27,37H,14-15,17-19H2,1H3,(H,33,42)(H,39,40)/b28-16-. The fourth-order valence-corrected chi connectivity index (χ4v) is 5.21. The van der Waals surface area contributed by atoms with E-state index in [4.69, 9.17) is 4.74 Å². The number of benzene rings is 3. The number of fused-ring (bicyclic) bond motifs is 3. The number of carbonyl (C=O) groups excluding carboxylic acids is 3. The first kappa shape index (κ1) is 29.1. The predicted octanol–water partition coefficient (Wildman–Crippen LogP) is 3.45. The molecule has 0 saturated carbocycles. The topological polar surface area (TPSA) is 149 Å². The third-order valence-electron chi connectivity index (χ3n) is 7.30. The Bertz CT molecular complexity index is 1590. The molecule has 2 aliphatic rings. The molecule has 5 rings (SSSR count). The van der Waals surface area contributed by atoms with Gasteiger partial charge in [-0.2, -0.15) is 0 Å². The molecule has 0 spiro atoms. The lowest BCUT2D eigenvalue weighted by atomic mass is 9.98. The van der Waals surface area contributed by atoms with Crippen molar-refractivity contribution in [2.75, 3.05) is 32.8 Å². The smallest absolute Gasteiger partial charge is 0.407 e. The number of carboxylic acid groups (broad SMARTS) is 1. The van der Waals surface area contributed by atoms with Crippen molar-refractivity contribution in [3.05, 3.63) is 95.2 Å². The van der Waals surface area contributed by atoms with Crippen molar-refractivity contribution in [2.24, 2.45) is 4.99 Å². The van der Waals surface area contributed by atoms with Crippen molar-refractivity contribution < 1.29 is 34.1 Å². The Labute approximate surface area is 247 Å². The molecule has 1 aliphatic heterocycles. The Balaban J connectivity index is 1.15. The van der Waals surface area contributed by atoms with E-state index in [1.165, 1.54) is 23.1 Å². The summed E-state index contributed by atoms with van der Waals surface area (Å²) in [6.07, 6.45) is 0.842. The van der Waals surface area contributed by atoms with E-state index in [9.17, 15) is 29.4 Å². The zero-order valence-electron chi connectivity index (χ0n) is 23.4. The molecule has 0 fully saturated rings. The third kappa shape index (κ3) is 6.56. The van der Waals surface area contributed by atoms with Gasteiger partial charge in [0.1, 0.15) is 37.0 Å². The van der Waals surface area contributed by atoms with Gasteiger partial charge in [-0.25, -0.2) is 9.79 Å². The summed E-state index contributed by atoms with van der Waals surface area (Å²) in [6, 6.07) is 22.1. The van der Waals surface area contributed by atoms with E-state index in [1.54, 1.807) is 19.1 Å². The Morgan fingerprint density at radius 2 is 1.63 bits per heavy atom. The monoisotopic (exact) mass is 582 g/mol. The Kier molecular flexibility index (Phi) is 8.51. The second-order valence-corrected chi connectivity index (χ2v) is 10.1. The lowest BCUT2D eigenvalue weighted by Crippen LogP contribution is -2.47. The number of hydrogen-bond donors (Lipinski definition) is 3. The predicted molar refractivity (Wildman–Crippen MR) is 158 cm³/mol. The zero-order valence-corrected chi connectivity index (χ0v) is 23.4. The highest BCUT2D eigenvalue weighted by molar-refractivity contribution is 6.15. The summed E-state index contributed by atoms with van der Waals surface area (Å²) in [6.45, 7) is 0.502. The number of alkyl carbamates (subject to hydrolysis) is 1. The van der Waals surface area contributed by atoms with Crippen LogP contribution in [0.3, 0.4) is 0 Å². The molecule has 3 N–H and O–H groups in total. The molecule has 43 heavy (non-hydrogen) atoms. The van der Waals surface area contributed by atoms with Crippen LogP contribution in [0.1, 0.15) is 29.5 Å². The summed E-state index contributed by atoms with van der Waals surface area (Å²) in [5.74, 6) is -2.11. The molecule has 11 heteroatoms. The maximum atomic E-state index is 13.1. The number of amidine groups is 1. The number of nitrogens with zero attached hydrogens (tertiary/aromatic N) is 3. The molecule has 0 bridgehead atoms. The first-order chi connectivity index (χ1) is 20.7. The van der Waals surface area contributed by atoms with E-state index >= 15 is 0 Å². The van der Waals surface area contributed by atoms with Crippen molar-refractivity contribution in [1.82, 2.24) is 15.1 Å². The first-order valence-electron chi connectivity index (χ1n) is 13.7. The molecular formula is C32H30N4O7. The van der Waals surface area contributed by atoms with Gasteiger partial charge in [0.25, 0.3) is 5.91 Å². The van der Waals surface area contributed by atoms with Crippen LogP contribution in [0.25, 0.3) is 17.2 Å². The Morgan fingerprint density at radius 1 is 1.00 bits per heavy atom. The second kappa shape index (κ2) is 12.6. The van der Waals surface area contributed by atoms with E-state index in [0.29, 0.717) is 5.56 Å². The summed E-state index contributed by atoms with van der Waals surface area (Å²) >= 11 is 0. The molecule has 3 aromatic carbocycles. The number of hydrogen-bond acceptors (Lipinski definition) is 7. The van der Waals surface area contributed by atoms with Crippen molar-refractivity contribution in [2.45, 2.75) is 12.8 Å². The summed E-state index contributed by atoms with van der Waals surface area (Å²) in [7, 11) is 0.